The van der Waals surface area contributed by atoms with Crippen molar-refractivity contribution in [1.29, 1.82) is 0 Å². The number of rotatable bonds is 1. The molecule has 0 saturated carbocycles. The van der Waals surface area contributed by atoms with Gasteiger partial charge in [0.05, 0.1) is 4.21 Å². The molecular weight excluding hydrogens is 212 g/mol. The fourth-order valence-electron chi connectivity index (χ4n) is 1.21. The van der Waals surface area contributed by atoms with Crippen molar-refractivity contribution < 1.29 is 0 Å². The van der Waals surface area contributed by atoms with Gasteiger partial charge in [0.2, 0.25) is 0 Å². The summed E-state index contributed by atoms with van der Waals surface area (Å²) in [5.74, 6) is 0. The molecule has 0 N–H and O–H groups in total. The average Bonchev–Trinajstić information content (AvgIpc) is 2.18. The molecule has 0 amide bonds. The fraction of sp³-hybridized carbons (Fsp3) is 0. The zero-order chi connectivity index (χ0) is 9.97. The summed E-state index contributed by atoms with van der Waals surface area (Å²) in [6.07, 6.45) is 0. The fourth-order valence-corrected chi connectivity index (χ4v) is 2.46. The van der Waals surface area contributed by atoms with Gasteiger partial charge in [0, 0.05) is 17.0 Å². The molecule has 0 atom stereocenters. The molecule has 0 saturated heterocycles. The summed E-state index contributed by atoms with van der Waals surface area (Å²) in [4.78, 5) is 12.2. The number of benzene rings is 1. The molecule has 3 heteroatoms. The normalized spacial score (nSPS) is 10.1. The lowest BCUT2D eigenvalue weighted by Crippen LogP contribution is -1.94. The molecule has 0 unspecified atom stereocenters. The molecule has 0 aliphatic rings. The predicted molar refractivity (Wildman–Crippen MR) is 63.3 cm³/mol. The Morgan fingerprint density at radius 1 is 1.07 bits per heavy atom. The Labute approximate surface area is 91.5 Å². The number of hydrogen-bond donors (Lipinski definition) is 1. The van der Waals surface area contributed by atoms with Crippen molar-refractivity contribution in [2.24, 2.45) is 0 Å². The minimum atomic E-state index is 0.00704. The van der Waals surface area contributed by atoms with E-state index in [4.69, 9.17) is 0 Å². The van der Waals surface area contributed by atoms with Crippen LogP contribution >= 0.6 is 24.0 Å². The zero-order valence-electron chi connectivity index (χ0n) is 7.31. The molecule has 2 rings (SSSR count). The van der Waals surface area contributed by atoms with E-state index in [1.54, 1.807) is 6.07 Å². The summed E-state index contributed by atoms with van der Waals surface area (Å²) >= 11 is 5.70. The zero-order valence-corrected chi connectivity index (χ0v) is 9.02. The number of thiol groups is 1. The van der Waals surface area contributed by atoms with Crippen LogP contribution in [0.1, 0.15) is 0 Å². The van der Waals surface area contributed by atoms with Gasteiger partial charge in [-0.3, -0.25) is 4.79 Å². The van der Waals surface area contributed by atoms with E-state index < -0.39 is 0 Å². The Morgan fingerprint density at radius 2 is 1.79 bits per heavy atom. The highest BCUT2D eigenvalue weighted by atomic mass is 32.2. The first-order chi connectivity index (χ1) is 6.75. The maximum Gasteiger partial charge on any atom is 0.181 e. The quantitative estimate of drug-likeness (QED) is 0.731. The third-order valence-corrected chi connectivity index (χ3v) is 3.12. The molecule has 0 aliphatic carbocycles. The maximum absolute atomic E-state index is 11.2. The van der Waals surface area contributed by atoms with E-state index in [-0.39, 0.29) is 5.43 Å². The summed E-state index contributed by atoms with van der Waals surface area (Å²) in [7, 11) is 0. The average molecular weight is 220 g/mol. The smallest absolute Gasteiger partial charge is 0.181 e. The van der Waals surface area contributed by atoms with Gasteiger partial charge in [-0.2, -0.15) is 0 Å². The lowest BCUT2D eigenvalue weighted by Gasteiger charge is -1.99. The number of hydrogen-bond acceptors (Lipinski definition) is 3. The van der Waals surface area contributed by atoms with E-state index in [0.29, 0.717) is 0 Å². The van der Waals surface area contributed by atoms with Crippen molar-refractivity contribution in [2.45, 2.75) is 4.21 Å². The molecule has 70 valence electrons. The summed E-state index contributed by atoms with van der Waals surface area (Å²) < 4.78 is 0.747. The third-order valence-electron chi connectivity index (χ3n) is 1.81. The highest BCUT2D eigenvalue weighted by molar-refractivity contribution is 7.82. The molecule has 0 spiro atoms. The van der Waals surface area contributed by atoms with Crippen LogP contribution in [0.4, 0.5) is 0 Å². The van der Waals surface area contributed by atoms with E-state index in [1.165, 1.54) is 17.4 Å². The Morgan fingerprint density at radius 3 is 2.43 bits per heavy atom. The summed E-state index contributed by atoms with van der Waals surface area (Å²) in [5, 5.41) is 0. The van der Waals surface area contributed by atoms with Gasteiger partial charge in [-0.1, -0.05) is 30.3 Å². The Balaban J connectivity index is 2.58. The summed E-state index contributed by atoms with van der Waals surface area (Å²) in [6.45, 7) is 0. The second kappa shape index (κ2) is 3.98. The van der Waals surface area contributed by atoms with E-state index in [2.05, 4.69) is 12.6 Å². The summed E-state index contributed by atoms with van der Waals surface area (Å²) in [6, 6.07) is 13.0. The van der Waals surface area contributed by atoms with Gasteiger partial charge in [0.15, 0.2) is 5.43 Å². The van der Waals surface area contributed by atoms with E-state index in [1.807, 2.05) is 30.3 Å². The van der Waals surface area contributed by atoms with Gasteiger partial charge >= 0.3 is 0 Å². The Hall–Kier alpha value is -1.06. The molecule has 1 aromatic heterocycles. The van der Waals surface area contributed by atoms with E-state index in [9.17, 15) is 4.79 Å². The highest BCUT2D eigenvalue weighted by Gasteiger charge is 1.99. The van der Waals surface area contributed by atoms with Crippen LogP contribution in [0.5, 0.6) is 0 Å². The molecule has 0 bridgehead atoms. The van der Waals surface area contributed by atoms with E-state index in [0.717, 1.165) is 14.6 Å². The van der Waals surface area contributed by atoms with Crippen LogP contribution in [0.15, 0.2) is 51.5 Å². The SMILES string of the molecule is O=c1cc(S)sc(-c2ccccc2)c1. The molecule has 14 heavy (non-hydrogen) atoms. The summed E-state index contributed by atoms with van der Waals surface area (Å²) in [5.41, 5.74) is 1.07. The molecular formula is C11H8OS2. The van der Waals surface area contributed by atoms with Crippen molar-refractivity contribution in [3.8, 4) is 10.4 Å². The lowest BCUT2D eigenvalue weighted by molar-refractivity contribution is 1.55. The molecule has 0 radical (unpaired) electrons. The van der Waals surface area contributed by atoms with Crippen LogP contribution in [0.2, 0.25) is 0 Å². The first-order valence-electron chi connectivity index (χ1n) is 4.15. The van der Waals surface area contributed by atoms with Crippen molar-refractivity contribution >= 4 is 24.0 Å². The van der Waals surface area contributed by atoms with Crippen LogP contribution < -0.4 is 5.43 Å². The van der Waals surface area contributed by atoms with Gasteiger partial charge in [-0.25, -0.2) is 0 Å². The predicted octanol–water partition coefficient (Wildman–Crippen LogP) is 3.06. The maximum atomic E-state index is 11.2. The van der Waals surface area contributed by atoms with Crippen molar-refractivity contribution in [2.75, 3.05) is 0 Å². The molecule has 2 aromatic rings. The minimum absolute atomic E-state index is 0.00704. The first-order valence-corrected chi connectivity index (χ1v) is 5.42. The first kappa shape index (κ1) is 9.49. The molecule has 1 nitrogen and oxygen atoms in total. The van der Waals surface area contributed by atoms with Gasteiger partial charge in [0.25, 0.3) is 0 Å². The largest absolute Gasteiger partial charge is 0.290 e. The second-order valence-corrected chi connectivity index (χ2v) is 4.73. The molecule has 0 aliphatic heterocycles. The van der Waals surface area contributed by atoms with Crippen LogP contribution in [0.3, 0.4) is 0 Å². The minimum Gasteiger partial charge on any atom is -0.290 e. The lowest BCUT2D eigenvalue weighted by atomic mass is 10.2. The van der Waals surface area contributed by atoms with Crippen molar-refractivity contribution in [3.63, 3.8) is 0 Å². The van der Waals surface area contributed by atoms with Crippen LogP contribution in [0, 0.1) is 0 Å². The van der Waals surface area contributed by atoms with Gasteiger partial charge < -0.3 is 0 Å². The molecule has 1 aromatic carbocycles. The van der Waals surface area contributed by atoms with Gasteiger partial charge in [-0.05, 0) is 5.56 Å². The highest BCUT2D eigenvalue weighted by Crippen LogP contribution is 2.25. The van der Waals surface area contributed by atoms with Crippen molar-refractivity contribution in [1.82, 2.24) is 0 Å². The van der Waals surface area contributed by atoms with Gasteiger partial charge in [0.1, 0.15) is 0 Å². The Bertz CT molecular complexity index is 488. The van der Waals surface area contributed by atoms with Crippen molar-refractivity contribution in [3.05, 3.63) is 52.7 Å². The third kappa shape index (κ3) is 2.05. The topological polar surface area (TPSA) is 17.1 Å². The standard InChI is InChI=1S/C11H8OS2/c12-9-6-10(14-11(13)7-9)8-4-2-1-3-5-8/h1-7,13H. The van der Waals surface area contributed by atoms with Crippen LogP contribution in [0.25, 0.3) is 10.4 Å². The van der Waals surface area contributed by atoms with Gasteiger partial charge in [-0.15, -0.1) is 24.0 Å². The van der Waals surface area contributed by atoms with Crippen LogP contribution in [-0.2, 0) is 0 Å². The Kier molecular flexibility index (Phi) is 2.70. The van der Waals surface area contributed by atoms with E-state index >= 15 is 0 Å². The molecule has 0 fully saturated rings. The van der Waals surface area contributed by atoms with Crippen LogP contribution in [-0.4, -0.2) is 0 Å². The second-order valence-electron chi connectivity index (χ2n) is 2.86. The monoisotopic (exact) mass is 220 g/mol. The molecule has 1 heterocycles.